The number of pyridine rings is 1. The molecule has 0 aliphatic rings. The SMILES string of the molecule is COCCN(CCC(=O)OC)c1nccc2occc12. The molecule has 0 atom stereocenters. The van der Waals surface area contributed by atoms with Gasteiger partial charge in [0.2, 0.25) is 0 Å². The molecule has 2 rings (SSSR count). The predicted octanol–water partition coefficient (Wildman–Crippen LogP) is 1.84. The summed E-state index contributed by atoms with van der Waals surface area (Å²) in [5.41, 5.74) is 0.774. The number of esters is 1. The number of hydrogen-bond donors (Lipinski definition) is 0. The third kappa shape index (κ3) is 3.27. The Balaban J connectivity index is 2.20. The molecule has 0 fully saturated rings. The summed E-state index contributed by atoms with van der Waals surface area (Å²) in [7, 11) is 3.03. The van der Waals surface area contributed by atoms with Gasteiger partial charge in [-0.05, 0) is 12.1 Å². The van der Waals surface area contributed by atoms with Crippen LogP contribution >= 0.6 is 0 Å². The summed E-state index contributed by atoms with van der Waals surface area (Å²) in [5, 5.41) is 0.925. The third-order valence-electron chi connectivity index (χ3n) is 3.04. The number of ether oxygens (including phenoxy) is 2. The van der Waals surface area contributed by atoms with E-state index in [0.29, 0.717) is 26.1 Å². The largest absolute Gasteiger partial charge is 0.469 e. The van der Waals surface area contributed by atoms with Crippen molar-refractivity contribution in [3.8, 4) is 0 Å². The highest BCUT2D eigenvalue weighted by Crippen LogP contribution is 2.25. The summed E-state index contributed by atoms with van der Waals surface area (Å²) >= 11 is 0. The van der Waals surface area contributed by atoms with Crippen LogP contribution in [-0.2, 0) is 14.3 Å². The number of methoxy groups -OCH3 is 2. The standard InChI is InChI=1S/C14H18N2O4/c1-18-10-8-16(7-4-13(17)19-2)14-11-5-9-20-12(11)3-6-15-14/h3,5-6,9H,4,7-8,10H2,1-2H3. The lowest BCUT2D eigenvalue weighted by molar-refractivity contribution is -0.140. The number of hydrogen-bond acceptors (Lipinski definition) is 6. The van der Waals surface area contributed by atoms with E-state index < -0.39 is 0 Å². The summed E-state index contributed by atoms with van der Waals surface area (Å²) < 4.78 is 15.2. The molecule has 0 saturated carbocycles. The van der Waals surface area contributed by atoms with E-state index in [9.17, 15) is 4.79 Å². The lowest BCUT2D eigenvalue weighted by Crippen LogP contribution is -2.30. The number of fused-ring (bicyclic) bond motifs is 1. The van der Waals surface area contributed by atoms with E-state index in [0.717, 1.165) is 16.8 Å². The van der Waals surface area contributed by atoms with Crippen LogP contribution in [0.3, 0.4) is 0 Å². The number of rotatable bonds is 7. The van der Waals surface area contributed by atoms with Crippen LogP contribution in [0, 0.1) is 0 Å². The molecule has 0 amide bonds. The predicted molar refractivity (Wildman–Crippen MR) is 74.7 cm³/mol. The molecule has 0 aromatic carbocycles. The number of furan rings is 1. The van der Waals surface area contributed by atoms with Crippen molar-refractivity contribution < 1.29 is 18.7 Å². The molecule has 0 saturated heterocycles. The van der Waals surface area contributed by atoms with Gasteiger partial charge in [-0.2, -0.15) is 0 Å². The summed E-state index contributed by atoms with van der Waals surface area (Å²) in [6, 6.07) is 3.68. The Labute approximate surface area is 117 Å². The van der Waals surface area contributed by atoms with Crippen LogP contribution in [-0.4, -0.2) is 44.9 Å². The van der Waals surface area contributed by atoms with Crippen LogP contribution in [0.4, 0.5) is 5.82 Å². The Morgan fingerprint density at radius 3 is 2.95 bits per heavy atom. The van der Waals surface area contributed by atoms with Gasteiger partial charge in [-0.1, -0.05) is 0 Å². The zero-order chi connectivity index (χ0) is 14.4. The van der Waals surface area contributed by atoms with E-state index in [1.807, 2.05) is 17.0 Å². The summed E-state index contributed by atoms with van der Waals surface area (Å²) in [6.45, 7) is 1.72. The minimum Gasteiger partial charge on any atom is -0.469 e. The first-order valence-electron chi connectivity index (χ1n) is 6.39. The van der Waals surface area contributed by atoms with E-state index in [1.54, 1.807) is 19.6 Å². The zero-order valence-electron chi connectivity index (χ0n) is 11.7. The molecule has 108 valence electrons. The second-order valence-corrected chi connectivity index (χ2v) is 4.27. The Morgan fingerprint density at radius 2 is 2.20 bits per heavy atom. The fourth-order valence-electron chi connectivity index (χ4n) is 1.99. The Morgan fingerprint density at radius 1 is 1.35 bits per heavy atom. The first-order chi connectivity index (χ1) is 9.76. The highest BCUT2D eigenvalue weighted by Gasteiger charge is 2.14. The van der Waals surface area contributed by atoms with Crippen molar-refractivity contribution in [2.24, 2.45) is 0 Å². The second-order valence-electron chi connectivity index (χ2n) is 4.27. The van der Waals surface area contributed by atoms with E-state index >= 15 is 0 Å². The molecule has 2 heterocycles. The van der Waals surface area contributed by atoms with Gasteiger partial charge in [0, 0.05) is 26.4 Å². The van der Waals surface area contributed by atoms with Gasteiger partial charge in [0.15, 0.2) is 0 Å². The average Bonchev–Trinajstić information content (AvgIpc) is 2.95. The quantitative estimate of drug-likeness (QED) is 0.720. The van der Waals surface area contributed by atoms with Crippen LogP contribution in [0.5, 0.6) is 0 Å². The minimum atomic E-state index is -0.244. The summed E-state index contributed by atoms with van der Waals surface area (Å²) in [4.78, 5) is 17.7. The van der Waals surface area contributed by atoms with Crippen LogP contribution in [0.1, 0.15) is 6.42 Å². The van der Waals surface area contributed by atoms with Crippen LogP contribution in [0.2, 0.25) is 0 Å². The molecule has 2 aromatic rings. The van der Waals surface area contributed by atoms with Crippen molar-refractivity contribution in [2.45, 2.75) is 6.42 Å². The summed E-state index contributed by atoms with van der Waals surface area (Å²) in [6.07, 6.45) is 3.62. The van der Waals surface area contributed by atoms with Crippen molar-refractivity contribution in [2.75, 3.05) is 38.8 Å². The zero-order valence-corrected chi connectivity index (χ0v) is 11.7. The fraction of sp³-hybridized carbons (Fsp3) is 0.429. The van der Waals surface area contributed by atoms with E-state index in [2.05, 4.69) is 9.72 Å². The summed E-state index contributed by atoms with van der Waals surface area (Å²) in [5.74, 6) is 0.545. The van der Waals surface area contributed by atoms with Gasteiger partial charge in [0.1, 0.15) is 11.4 Å². The van der Waals surface area contributed by atoms with E-state index in [4.69, 9.17) is 9.15 Å². The number of carbonyl (C=O) groups excluding carboxylic acids is 1. The monoisotopic (exact) mass is 278 g/mol. The highest BCUT2D eigenvalue weighted by molar-refractivity contribution is 5.88. The fourth-order valence-corrected chi connectivity index (χ4v) is 1.99. The normalized spacial score (nSPS) is 10.7. The van der Waals surface area contributed by atoms with Gasteiger partial charge in [-0.15, -0.1) is 0 Å². The van der Waals surface area contributed by atoms with Gasteiger partial charge >= 0.3 is 5.97 Å². The van der Waals surface area contributed by atoms with Gasteiger partial charge in [0.05, 0.1) is 31.8 Å². The number of nitrogens with zero attached hydrogens (tertiary/aromatic N) is 2. The van der Waals surface area contributed by atoms with E-state index in [1.165, 1.54) is 7.11 Å². The van der Waals surface area contributed by atoms with Crippen LogP contribution < -0.4 is 4.90 Å². The van der Waals surface area contributed by atoms with Gasteiger partial charge in [0.25, 0.3) is 0 Å². The highest BCUT2D eigenvalue weighted by atomic mass is 16.5. The van der Waals surface area contributed by atoms with Crippen LogP contribution in [0.25, 0.3) is 11.0 Å². The molecular weight excluding hydrogens is 260 g/mol. The first-order valence-corrected chi connectivity index (χ1v) is 6.39. The van der Waals surface area contributed by atoms with Crippen molar-refractivity contribution in [3.63, 3.8) is 0 Å². The molecule has 2 aromatic heterocycles. The van der Waals surface area contributed by atoms with Gasteiger partial charge in [-0.25, -0.2) is 4.98 Å². The van der Waals surface area contributed by atoms with Crippen molar-refractivity contribution >= 4 is 22.8 Å². The topological polar surface area (TPSA) is 64.8 Å². The maximum Gasteiger partial charge on any atom is 0.307 e. The van der Waals surface area contributed by atoms with Gasteiger partial charge < -0.3 is 18.8 Å². The molecule has 20 heavy (non-hydrogen) atoms. The maximum atomic E-state index is 11.3. The third-order valence-corrected chi connectivity index (χ3v) is 3.04. The molecule has 6 nitrogen and oxygen atoms in total. The number of anilines is 1. The Hall–Kier alpha value is -2.08. The average molecular weight is 278 g/mol. The maximum absolute atomic E-state index is 11.3. The minimum absolute atomic E-state index is 0.244. The number of carbonyl (C=O) groups is 1. The lowest BCUT2D eigenvalue weighted by atomic mass is 10.2. The molecule has 0 radical (unpaired) electrons. The second kappa shape index (κ2) is 6.91. The smallest absolute Gasteiger partial charge is 0.307 e. The van der Waals surface area contributed by atoms with Crippen molar-refractivity contribution in [1.29, 1.82) is 0 Å². The Bertz CT molecular complexity index is 567. The molecule has 0 bridgehead atoms. The molecule has 0 N–H and O–H groups in total. The molecule has 0 unspecified atom stereocenters. The van der Waals surface area contributed by atoms with Crippen LogP contribution in [0.15, 0.2) is 29.0 Å². The first kappa shape index (κ1) is 14.3. The van der Waals surface area contributed by atoms with Gasteiger partial charge in [-0.3, -0.25) is 4.79 Å². The van der Waals surface area contributed by atoms with E-state index in [-0.39, 0.29) is 5.97 Å². The molecule has 0 spiro atoms. The molecule has 0 aliphatic heterocycles. The Kier molecular flexibility index (Phi) is 4.95. The molecular formula is C14H18N2O4. The van der Waals surface area contributed by atoms with Crippen molar-refractivity contribution in [3.05, 3.63) is 24.6 Å². The molecule has 6 heteroatoms. The molecule has 0 aliphatic carbocycles. The number of aromatic nitrogens is 1. The lowest BCUT2D eigenvalue weighted by Gasteiger charge is -2.23. The van der Waals surface area contributed by atoms with Crippen molar-refractivity contribution in [1.82, 2.24) is 4.98 Å².